The van der Waals surface area contributed by atoms with Crippen LogP contribution in [0, 0.1) is 0 Å². The maximum absolute atomic E-state index is 6.75. The van der Waals surface area contributed by atoms with Crippen molar-refractivity contribution in [2.45, 2.75) is 38.8 Å². The standard InChI is InChI=1S/2C10H12N2O.2Fe.6N3/c2*1-10(2)7-13-9(12-10)8-5-3-4-6-11-8;;;6*1-3-2/h2*3-6H,7H2,1-2H3;;;;;;;;/q;;2*+3;6*-1. The molecule has 0 spiro atoms. The maximum atomic E-state index is 6.75. The maximum Gasteiger partial charge on any atom is 3.00 e. The molecule has 0 atom stereocenters. The number of pyridine rings is 2. The van der Waals surface area contributed by atoms with Gasteiger partial charge in [0.05, 0.1) is 11.1 Å². The first kappa shape index (κ1) is 52.8. The molecule has 0 amide bonds. The molecule has 2 aliphatic heterocycles. The van der Waals surface area contributed by atoms with E-state index in [1.54, 1.807) is 12.4 Å². The second-order valence-electron chi connectivity index (χ2n) is 8.00. The second kappa shape index (κ2) is 35.3. The van der Waals surface area contributed by atoms with E-state index < -0.39 is 0 Å². The Hall–Kier alpha value is -5.86. The van der Waals surface area contributed by atoms with Crippen LogP contribution < -0.4 is 0 Å². The van der Waals surface area contributed by atoms with Crippen LogP contribution in [0.15, 0.2) is 58.8 Å². The first-order valence-electron chi connectivity index (χ1n) is 11.0. The van der Waals surface area contributed by atoms with Gasteiger partial charge in [0.15, 0.2) is 0 Å². The van der Waals surface area contributed by atoms with Crippen molar-refractivity contribution in [2.24, 2.45) is 9.98 Å². The second-order valence-corrected chi connectivity index (χ2v) is 8.00. The summed E-state index contributed by atoms with van der Waals surface area (Å²) in [5.41, 5.74) is 82.4. The van der Waals surface area contributed by atoms with E-state index in [0.717, 1.165) is 11.4 Å². The first-order valence-corrected chi connectivity index (χ1v) is 11.0. The van der Waals surface area contributed by atoms with Crippen LogP contribution in [0.1, 0.15) is 39.1 Å². The number of hydrogen-bond acceptors (Lipinski definition) is 6. The van der Waals surface area contributed by atoms with Gasteiger partial charge < -0.3 is 75.8 Å². The summed E-state index contributed by atoms with van der Waals surface area (Å²) >= 11 is 0. The molecule has 24 nitrogen and oxygen atoms in total. The van der Waals surface area contributed by atoms with Crippen molar-refractivity contribution in [3.05, 3.63) is 156 Å². The minimum Gasteiger partial charge on any atom is -0.474 e. The number of ether oxygens (including phenoxy) is 2. The average molecular weight is 716 g/mol. The van der Waals surface area contributed by atoms with Gasteiger partial charge in [0, 0.05) is 12.4 Å². The van der Waals surface area contributed by atoms with Gasteiger partial charge in [-0.25, -0.2) is 9.98 Å². The fraction of sp³-hybridized carbons (Fsp3) is 0.400. The number of aromatic nitrogens is 2. The molecule has 0 bridgehead atoms. The fourth-order valence-corrected chi connectivity index (χ4v) is 2.41. The first-order chi connectivity index (χ1) is 20.8. The molecule has 0 N–H and O–H groups in total. The van der Waals surface area contributed by atoms with E-state index in [-0.39, 0.29) is 45.2 Å². The van der Waals surface area contributed by atoms with Crippen LogP contribution in [-0.4, -0.2) is 46.1 Å². The topological polar surface area (TPSA) is 421 Å². The molecule has 0 fully saturated rings. The van der Waals surface area contributed by atoms with Crippen molar-refractivity contribution in [1.29, 1.82) is 0 Å². The summed E-state index contributed by atoms with van der Waals surface area (Å²) in [5, 5.41) is 0. The number of hydrogen-bond donors (Lipinski definition) is 0. The van der Waals surface area contributed by atoms with Gasteiger partial charge in [0.2, 0.25) is 11.8 Å². The van der Waals surface area contributed by atoms with Gasteiger partial charge in [-0.05, 0) is 52.0 Å². The van der Waals surface area contributed by atoms with E-state index >= 15 is 0 Å². The Morgan fingerprint density at radius 1 is 0.500 bits per heavy atom. The Morgan fingerprint density at radius 2 is 0.739 bits per heavy atom. The average Bonchev–Trinajstić information content (AvgIpc) is 3.53. The van der Waals surface area contributed by atoms with Gasteiger partial charge in [-0.2, -0.15) is 0 Å². The van der Waals surface area contributed by atoms with Gasteiger partial charge in [-0.1, -0.05) is 12.1 Å². The third-order valence-corrected chi connectivity index (χ3v) is 3.70. The zero-order valence-electron chi connectivity index (χ0n) is 24.4. The molecule has 0 aliphatic carbocycles. The molecule has 46 heavy (non-hydrogen) atoms. The van der Waals surface area contributed by atoms with E-state index in [1.165, 1.54) is 29.5 Å². The third-order valence-electron chi connectivity index (χ3n) is 3.70. The molecular weight excluding hydrogens is 692 g/mol. The quantitative estimate of drug-likeness (QED) is 0.128. The van der Waals surface area contributed by atoms with Crippen LogP contribution in [0.4, 0.5) is 0 Å². The SMILES string of the molecule is CC1(C)COC(c2ccccn2)=N1.CC1(C)COC(c2ccccn2)=N1.[Fe+3].[Fe+3].[N-]=[N+]=[N-].[N-]=[N+]=[N-].[N-]=[N+]=[N-].[N-]=[N+]=[N-].[N-]=[N+]=[N-].[N-]=[N+]=[N-]. The molecule has 0 aromatic carbocycles. The zero-order valence-corrected chi connectivity index (χ0v) is 26.6. The number of nitrogens with zero attached hydrogens (tertiary/aromatic N) is 22. The summed E-state index contributed by atoms with van der Waals surface area (Å²) in [6.45, 7) is 9.45. The molecule has 242 valence electrons. The smallest absolute Gasteiger partial charge is 0.474 e. The van der Waals surface area contributed by atoms with Crippen LogP contribution in [0.25, 0.3) is 95.8 Å². The molecule has 0 saturated heterocycles. The molecule has 2 aromatic rings. The van der Waals surface area contributed by atoms with Gasteiger partial charge in [-0.15, -0.1) is 0 Å². The van der Waals surface area contributed by atoms with Crippen LogP contribution in [0.5, 0.6) is 0 Å². The normalized spacial score (nSPS) is 12.0. The fourth-order valence-electron chi connectivity index (χ4n) is 2.41. The molecule has 4 heterocycles. The van der Waals surface area contributed by atoms with Crippen molar-refractivity contribution in [3.63, 3.8) is 0 Å². The summed E-state index contributed by atoms with van der Waals surface area (Å²) in [5.74, 6) is 1.32. The third kappa shape index (κ3) is 32.7. The van der Waals surface area contributed by atoms with Crippen LogP contribution in [0.2, 0.25) is 0 Å². The Labute approximate surface area is 282 Å². The van der Waals surface area contributed by atoms with E-state index in [0.29, 0.717) is 25.0 Å². The number of rotatable bonds is 2. The monoisotopic (exact) mass is 716 g/mol. The molecule has 0 unspecified atom stereocenters. The summed E-state index contributed by atoms with van der Waals surface area (Å²) in [4.78, 5) is 26.2. The van der Waals surface area contributed by atoms with Gasteiger partial charge in [-0.3, -0.25) is 39.4 Å². The van der Waals surface area contributed by atoms with Crippen molar-refractivity contribution in [2.75, 3.05) is 13.2 Å². The molecule has 2 aliphatic rings. The zero-order chi connectivity index (χ0) is 34.9. The number of aliphatic imine (C=N–C) groups is 2. The summed E-state index contributed by atoms with van der Waals surface area (Å²) in [6, 6.07) is 11.4. The Balaban J connectivity index is -0.000000113. The van der Waals surface area contributed by atoms with Crippen molar-refractivity contribution < 1.29 is 43.6 Å². The molecule has 2 aromatic heterocycles. The van der Waals surface area contributed by atoms with Crippen molar-refractivity contribution in [1.82, 2.24) is 9.97 Å². The minimum absolute atomic E-state index is 0. The predicted molar refractivity (Wildman–Crippen MR) is 162 cm³/mol. The van der Waals surface area contributed by atoms with Gasteiger partial charge >= 0.3 is 34.1 Å². The van der Waals surface area contributed by atoms with Crippen LogP contribution >= 0.6 is 0 Å². The summed E-state index contributed by atoms with van der Waals surface area (Å²) < 4.78 is 10.9. The van der Waals surface area contributed by atoms with Crippen molar-refractivity contribution >= 4 is 11.8 Å². The summed E-state index contributed by atoms with van der Waals surface area (Å²) in [7, 11) is 0. The van der Waals surface area contributed by atoms with Gasteiger partial charge in [0.1, 0.15) is 24.6 Å². The molecule has 4 rings (SSSR count). The van der Waals surface area contributed by atoms with Crippen molar-refractivity contribution in [3.8, 4) is 0 Å². The summed E-state index contributed by atoms with van der Waals surface area (Å²) in [6.07, 6.45) is 3.49. The molecule has 0 saturated carbocycles. The minimum atomic E-state index is -0.104. The molecule has 26 heteroatoms. The molecular formula is C20H24Fe2N22O2. The molecule has 2 radical (unpaired) electrons. The predicted octanol–water partition coefficient (Wildman–Crippen LogP) is 8.47. The van der Waals surface area contributed by atoms with Crippen LogP contribution in [0.3, 0.4) is 0 Å². The van der Waals surface area contributed by atoms with E-state index in [2.05, 4.69) is 20.0 Å². The van der Waals surface area contributed by atoms with Gasteiger partial charge in [0.25, 0.3) is 0 Å². The van der Waals surface area contributed by atoms with E-state index in [9.17, 15) is 0 Å². The van der Waals surface area contributed by atoms with Crippen LogP contribution in [-0.2, 0) is 43.6 Å². The van der Waals surface area contributed by atoms with E-state index in [1.807, 2.05) is 64.1 Å². The van der Waals surface area contributed by atoms with E-state index in [4.69, 9.17) is 75.8 Å². The largest absolute Gasteiger partial charge is 3.00 e. The Kier molecular flexibility index (Phi) is 40.5. The Morgan fingerprint density at radius 3 is 0.891 bits per heavy atom. The Bertz CT molecular complexity index is 1180.